The highest BCUT2D eigenvalue weighted by molar-refractivity contribution is 7.84. The third-order valence-electron chi connectivity index (χ3n) is 2.87. The topological polar surface area (TPSA) is 26.3 Å². The molecule has 1 atom stereocenters. The van der Waals surface area contributed by atoms with Crippen molar-refractivity contribution in [3.63, 3.8) is 0 Å². The molecule has 2 rings (SSSR count). The van der Waals surface area contributed by atoms with Crippen LogP contribution in [0.3, 0.4) is 0 Å². The summed E-state index contributed by atoms with van der Waals surface area (Å²) in [4.78, 5) is 0. The Morgan fingerprint density at radius 2 is 1.71 bits per heavy atom. The van der Waals surface area contributed by atoms with E-state index >= 15 is 0 Å². The lowest BCUT2D eigenvalue weighted by Gasteiger charge is -2.06. The SMILES string of the molecule is O=S(CCCOc1ccc(F)cc1)Cc1ccccc1F. The Kier molecular flexibility index (Phi) is 5.87. The molecule has 5 heteroatoms. The molecule has 0 amide bonds. The minimum absolute atomic E-state index is 0.212. The van der Waals surface area contributed by atoms with Crippen molar-refractivity contribution < 1.29 is 17.7 Å². The lowest BCUT2D eigenvalue weighted by Crippen LogP contribution is -2.07. The Morgan fingerprint density at radius 3 is 2.43 bits per heavy atom. The van der Waals surface area contributed by atoms with E-state index < -0.39 is 10.8 Å². The first-order valence-electron chi connectivity index (χ1n) is 6.62. The Hall–Kier alpha value is -1.75. The molecule has 1 unspecified atom stereocenters. The fourth-order valence-electron chi connectivity index (χ4n) is 1.80. The van der Waals surface area contributed by atoms with Gasteiger partial charge in [-0.25, -0.2) is 8.78 Å². The number of hydrogen-bond donors (Lipinski definition) is 0. The van der Waals surface area contributed by atoms with Gasteiger partial charge in [0, 0.05) is 22.1 Å². The summed E-state index contributed by atoms with van der Waals surface area (Å²) in [5.41, 5.74) is 0.468. The van der Waals surface area contributed by atoms with Gasteiger partial charge in [0.25, 0.3) is 0 Å². The van der Waals surface area contributed by atoms with Gasteiger partial charge in [-0.05, 0) is 36.8 Å². The van der Waals surface area contributed by atoms with Crippen molar-refractivity contribution in [2.45, 2.75) is 12.2 Å². The normalized spacial score (nSPS) is 12.1. The monoisotopic (exact) mass is 310 g/mol. The predicted octanol–water partition coefficient (Wildman–Crippen LogP) is 3.68. The van der Waals surface area contributed by atoms with Crippen LogP contribution in [0.5, 0.6) is 5.75 Å². The van der Waals surface area contributed by atoms with Gasteiger partial charge in [-0.15, -0.1) is 0 Å². The molecule has 2 nitrogen and oxygen atoms in total. The Balaban J connectivity index is 1.70. The molecule has 2 aromatic rings. The van der Waals surface area contributed by atoms with Crippen molar-refractivity contribution in [2.24, 2.45) is 0 Å². The molecule has 0 fully saturated rings. The second-order valence-electron chi connectivity index (χ2n) is 4.54. The van der Waals surface area contributed by atoms with Gasteiger partial charge in [-0.3, -0.25) is 4.21 Å². The lowest BCUT2D eigenvalue weighted by atomic mass is 10.2. The van der Waals surface area contributed by atoms with E-state index in [2.05, 4.69) is 0 Å². The van der Waals surface area contributed by atoms with Crippen LogP contribution in [0, 0.1) is 11.6 Å². The van der Waals surface area contributed by atoms with Crippen LogP contribution >= 0.6 is 0 Å². The summed E-state index contributed by atoms with van der Waals surface area (Å²) in [6.45, 7) is 0.397. The van der Waals surface area contributed by atoms with Crippen molar-refractivity contribution in [3.05, 3.63) is 65.7 Å². The van der Waals surface area contributed by atoms with Crippen LogP contribution in [0.1, 0.15) is 12.0 Å². The summed E-state index contributed by atoms with van der Waals surface area (Å²) >= 11 is 0. The number of rotatable bonds is 7. The molecule has 0 heterocycles. The van der Waals surface area contributed by atoms with Crippen LogP contribution in [0.4, 0.5) is 8.78 Å². The first kappa shape index (κ1) is 15.6. The van der Waals surface area contributed by atoms with E-state index in [1.54, 1.807) is 30.3 Å². The molecule has 0 aliphatic heterocycles. The van der Waals surface area contributed by atoms with Crippen LogP contribution in [0.25, 0.3) is 0 Å². The van der Waals surface area contributed by atoms with Crippen LogP contribution in [-0.4, -0.2) is 16.6 Å². The second kappa shape index (κ2) is 7.88. The van der Waals surface area contributed by atoms with Gasteiger partial charge in [-0.2, -0.15) is 0 Å². The molecular weight excluding hydrogens is 294 g/mol. The highest BCUT2D eigenvalue weighted by Crippen LogP contribution is 2.12. The van der Waals surface area contributed by atoms with Crippen molar-refractivity contribution in [2.75, 3.05) is 12.4 Å². The zero-order valence-electron chi connectivity index (χ0n) is 11.4. The van der Waals surface area contributed by atoms with Crippen LogP contribution in [0.2, 0.25) is 0 Å². The van der Waals surface area contributed by atoms with E-state index in [9.17, 15) is 13.0 Å². The quantitative estimate of drug-likeness (QED) is 0.729. The third kappa shape index (κ3) is 5.27. The van der Waals surface area contributed by atoms with Gasteiger partial charge >= 0.3 is 0 Å². The van der Waals surface area contributed by atoms with Crippen LogP contribution < -0.4 is 4.74 Å². The number of hydrogen-bond acceptors (Lipinski definition) is 2. The van der Waals surface area contributed by atoms with Crippen molar-refractivity contribution >= 4 is 10.8 Å². The highest BCUT2D eigenvalue weighted by atomic mass is 32.2. The molecule has 0 aromatic heterocycles. The number of benzene rings is 2. The number of ether oxygens (including phenoxy) is 1. The fraction of sp³-hybridized carbons (Fsp3) is 0.250. The van der Waals surface area contributed by atoms with Gasteiger partial charge in [-0.1, -0.05) is 18.2 Å². The predicted molar refractivity (Wildman–Crippen MR) is 79.6 cm³/mol. The molecule has 0 aliphatic rings. The highest BCUT2D eigenvalue weighted by Gasteiger charge is 2.06. The zero-order valence-corrected chi connectivity index (χ0v) is 12.2. The summed E-state index contributed by atoms with van der Waals surface area (Å²) in [5.74, 6) is 0.594. The maximum Gasteiger partial charge on any atom is 0.127 e. The maximum absolute atomic E-state index is 13.4. The minimum Gasteiger partial charge on any atom is -0.494 e. The average Bonchev–Trinajstić information content (AvgIpc) is 2.48. The van der Waals surface area contributed by atoms with E-state index in [0.29, 0.717) is 30.1 Å². The Labute approximate surface area is 125 Å². The standard InChI is InChI=1S/C16H16F2O2S/c17-14-6-8-15(9-7-14)20-10-3-11-21(19)12-13-4-1-2-5-16(13)18/h1-2,4-9H,3,10-12H2. The van der Waals surface area contributed by atoms with Crippen molar-refractivity contribution in [1.29, 1.82) is 0 Å². The molecule has 2 aromatic carbocycles. The first-order valence-corrected chi connectivity index (χ1v) is 8.11. The average molecular weight is 310 g/mol. The molecule has 0 N–H and O–H groups in total. The van der Waals surface area contributed by atoms with Crippen molar-refractivity contribution in [1.82, 2.24) is 0 Å². The van der Waals surface area contributed by atoms with E-state index in [4.69, 9.17) is 4.74 Å². The fourth-order valence-corrected chi connectivity index (χ4v) is 2.97. The third-order valence-corrected chi connectivity index (χ3v) is 4.25. The summed E-state index contributed by atoms with van der Waals surface area (Å²) < 4.78 is 43.4. The minimum atomic E-state index is -1.12. The molecule has 0 radical (unpaired) electrons. The zero-order chi connectivity index (χ0) is 15.1. The summed E-state index contributed by atoms with van der Waals surface area (Å²) in [5, 5.41) is 0. The number of halogens is 2. The summed E-state index contributed by atoms with van der Waals surface area (Å²) in [6, 6.07) is 12.1. The molecule has 0 spiro atoms. The van der Waals surface area contributed by atoms with E-state index in [1.165, 1.54) is 18.2 Å². The summed E-state index contributed by atoms with van der Waals surface area (Å²) in [6.07, 6.45) is 0.596. The maximum atomic E-state index is 13.4. The van der Waals surface area contributed by atoms with E-state index in [0.717, 1.165) is 0 Å². The van der Waals surface area contributed by atoms with E-state index in [1.807, 2.05) is 0 Å². The first-order chi connectivity index (χ1) is 10.1. The van der Waals surface area contributed by atoms with Crippen LogP contribution in [-0.2, 0) is 16.6 Å². The smallest absolute Gasteiger partial charge is 0.127 e. The van der Waals surface area contributed by atoms with Gasteiger partial charge < -0.3 is 4.74 Å². The summed E-state index contributed by atoms with van der Waals surface area (Å²) in [7, 11) is -1.12. The van der Waals surface area contributed by atoms with Gasteiger partial charge in [0.05, 0.1) is 12.4 Å². The van der Waals surface area contributed by atoms with Crippen molar-refractivity contribution in [3.8, 4) is 5.75 Å². The molecule has 0 bridgehead atoms. The molecule has 0 saturated heterocycles. The second-order valence-corrected chi connectivity index (χ2v) is 6.11. The molecule has 0 saturated carbocycles. The molecule has 21 heavy (non-hydrogen) atoms. The van der Waals surface area contributed by atoms with Gasteiger partial charge in [0.2, 0.25) is 0 Å². The van der Waals surface area contributed by atoms with E-state index in [-0.39, 0.29) is 17.4 Å². The largest absolute Gasteiger partial charge is 0.494 e. The molecule has 0 aliphatic carbocycles. The Bertz CT molecular complexity index is 599. The van der Waals surface area contributed by atoms with Crippen LogP contribution in [0.15, 0.2) is 48.5 Å². The Morgan fingerprint density at radius 1 is 1.00 bits per heavy atom. The molecular formula is C16H16F2O2S. The molecule has 112 valence electrons. The lowest BCUT2D eigenvalue weighted by molar-refractivity contribution is 0.318. The van der Waals surface area contributed by atoms with Gasteiger partial charge in [0.1, 0.15) is 17.4 Å². The van der Waals surface area contributed by atoms with Gasteiger partial charge in [0.15, 0.2) is 0 Å².